The van der Waals surface area contributed by atoms with Crippen molar-refractivity contribution in [2.24, 2.45) is 0 Å². The standard InChI is InChI=1S/C24H20F2N6O2/c1-14-12-19(15(2)29-22(14)34-23(25)26)32-24-28-11-9-18(31-24)21(33)30-20-13-27-10-8-17(20)16-6-4-3-5-7-16/h3-13,23H,1-2H3,(H,30,33)(H,28,31,32). The van der Waals surface area contributed by atoms with E-state index in [1.807, 2.05) is 36.4 Å². The normalized spacial score (nSPS) is 10.7. The smallest absolute Gasteiger partial charge is 0.388 e. The highest BCUT2D eigenvalue weighted by Crippen LogP contribution is 2.28. The van der Waals surface area contributed by atoms with Crippen LogP contribution in [0.2, 0.25) is 0 Å². The third kappa shape index (κ3) is 5.29. The molecule has 1 amide bonds. The van der Waals surface area contributed by atoms with Crippen molar-refractivity contribution in [2.75, 3.05) is 10.6 Å². The lowest BCUT2D eigenvalue weighted by atomic mass is 10.1. The third-order valence-electron chi connectivity index (χ3n) is 4.85. The fraction of sp³-hybridized carbons (Fsp3) is 0.125. The molecule has 0 unspecified atom stereocenters. The second-order valence-electron chi connectivity index (χ2n) is 7.25. The van der Waals surface area contributed by atoms with Gasteiger partial charge in [0, 0.05) is 23.5 Å². The lowest BCUT2D eigenvalue weighted by molar-refractivity contribution is -0.0533. The van der Waals surface area contributed by atoms with Crippen molar-refractivity contribution in [3.8, 4) is 17.0 Å². The summed E-state index contributed by atoms with van der Waals surface area (Å²) >= 11 is 0. The number of pyridine rings is 2. The average molecular weight is 462 g/mol. The molecule has 172 valence electrons. The minimum atomic E-state index is -2.97. The lowest BCUT2D eigenvalue weighted by Crippen LogP contribution is -2.15. The first-order valence-corrected chi connectivity index (χ1v) is 10.2. The van der Waals surface area contributed by atoms with Crippen LogP contribution in [0.25, 0.3) is 11.1 Å². The molecule has 0 saturated carbocycles. The molecule has 0 atom stereocenters. The second kappa shape index (κ2) is 9.99. The number of aryl methyl sites for hydroxylation is 2. The van der Waals surface area contributed by atoms with Crippen molar-refractivity contribution < 1.29 is 18.3 Å². The molecular weight excluding hydrogens is 442 g/mol. The Labute approximate surface area is 194 Å². The van der Waals surface area contributed by atoms with E-state index < -0.39 is 12.5 Å². The molecule has 0 saturated heterocycles. The van der Waals surface area contributed by atoms with Gasteiger partial charge in [0.2, 0.25) is 11.8 Å². The highest BCUT2D eigenvalue weighted by Gasteiger charge is 2.15. The molecule has 0 bridgehead atoms. The van der Waals surface area contributed by atoms with Gasteiger partial charge in [0.15, 0.2) is 0 Å². The van der Waals surface area contributed by atoms with E-state index in [4.69, 9.17) is 0 Å². The van der Waals surface area contributed by atoms with Crippen molar-refractivity contribution in [2.45, 2.75) is 20.5 Å². The summed E-state index contributed by atoms with van der Waals surface area (Å²) in [6.07, 6.45) is 4.66. The van der Waals surface area contributed by atoms with Crippen molar-refractivity contribution in [3.05, 3.63) is 84.1 Å². The van der Waals surface area contributed by atoms with Gasteiger partial charge < -0.3 is 15.4 Å². The summed E-state index contributed by atoms with van der Waals surface area (Å²) in [7, 11) is 0. The highest BCUT2D eigenvalue weighted by atomic mass is 19.3. The molecule has 8 nitrogen and oxygen atoms in total. The number of aromatic nitrogens is 4. The lowest BCUT2D eigenvalue weighted by Gasteiger charge is -2.13. The van der Waals surface area contributed by atoms with Gasteiger partial charge in [-0.2, -0.15) is 8.78 Å². The van der Waals surface area contributed by atoms with Gasteiger partial charge in [0.05, 0.1) is 23.3 Å². The van der Waals surface area contributed by atoms with Gasteiger partial charge in [0.1, 0.15) is 5.69 Å². The van der Waals surface area contributed by atoms with E-state index in [1.165, 1.54) is 12.3 Å². The summed E-state index contributed by atoms with van der Waals surface area (Å²) in [5.74, 6) is -0.450. The SMILES string of the molecule is Cc1cc(Nc2nccc(C(=O)Nc3cnccc3-c3ccccc3)n2)c(C)nc1OC(F)F. The molecule has 0 aliphatic heterocycles. The van der Waals surface area contributed by atoms with Crippen molar-refractivity contribution in [1.82, 2.24) is 19.9 Å². The number of nitrogens with one attached hydrogen (secondary N) is 2. The number of nitrogens with zero attached hydrogens (tertiary/aromatic N) is 4. The molecule has 4 aromatic rings. The van der Waals surface area contributed by atoms with Crippen molar-refractivity contribution >= 4 is 23.2 Å². The number of benzene rings is 1. The maximum atomic E-state index is 12.9. The Balaban J connectivity index is 1.54. The summed E-state index contributed by atoms with van der Waals surface area (Å²) in [5, 5.41) is 5.81. The van der Waals surface area contributed by atoms with E-state index in [1.54, 1.807) is 32.3 Å². The monoisotopic (exact) mass is 462 g/mol. The Kier molecular flexibility index (Phi) is 6.67. The fourth-order valence-corrected chi connectivity index (χ4v) is 3.23. The summed E-state index contributed by atoms with van der Waals surface area (Å²) in [6.45, 7) is 0.257. The predicted molar refractivity (Wildman–Crippen MR) is 123 cm³/mol. The zero-order chi connectivity index (χ0) is 24.1. The molecule has 34 heavy (non-hydrogen) atoms. The molecule has 10 heteroatoms. The molecule has 3 aromatic heterocycles. The summed E-state index contributed by atoms with van der Waals surface area (Å²) in [4.78, 5) is 29.5. The number of hydrogen-bond donors (Lipinski definition) is 2. The first-order valence-electron chi connectivity index (χ1n) is 10.2. The van der Waals surface area contributed by atoms with Crippen LogP contribution < -0.4 is 15.4 Å². The molecule has 0 radical (unpaired) electrons. The van der Waals surface area contributed by atoms with Gasteiger partial charge in [-0.05, 0) is 37.6 Å². The van der Waals surface area contributed by atoms with E-state index in [0.717, 1.165) is 11.1 Å². The number of halogens is 2. The summed E-state index contributed by atoms with van der Waals surface area (Å²) in [5.41, 5.74) is 3.73. The third-order valence-corrected chi connectivity index (χ3v) is 4.85. The zero-order valence-corrected chi connectivity index (χ0v) is 18.3. The van der Waals surface area contributed by atoms with E-state index >= 15 is 0 Å². The van der Waals surface area contributed by atoms with Crippen LogP contribution in [-0.2, 0) is 0 Å². The van der Waals surface area contributed by atoms with Gasteiger partial charge in [-0.25, -0.2) is 15.0 Å². The van der Waals surface area contributed by atoms with Gasteiger partial charge in [-0.15, -0.1) is 0 Å². The Bertz CT molecular complexity index is 1320. The molecule has 2 N–H and O–H groups in total. The number of ether oxygens (including phenoxy) is 1. The van der Waals surface area contributed by atoms with E-state index in [9.17, 15) is 13.6 Å². The zero-order valence-electron chi connectivity index (χ0n) is 18.3. The van der Waals surface area contributed by atoms with Crippen LogP contribution in [-0.4, -0.2) is 32.5 Å². The van der Waals surface area contributed by atoms with Crippen LogP contribution in [0.4, 0.5) is 26.1 Å². The first kappa shape index (κ1) is 22.7. The minimum absolute atomic E-state index is 0.125. The maximum Gasteiger partial charge on any atom is 0.388 e. The fourth-order valence-electron chi connectivity index (χ4n) is 3.23. The topological polar surface area (TPSA) is 102 Å². The van der Waals surface area contributed by atoms with Crippen LogP contribution in [0, 0.1) is 13.8 Å². The van der Waals surface area contributed by atoms with Gasteiger partial charge in [0.25, 0.3) is 5.91 Å². The van der Waals surface area contributed by atoms with Crippen molar-refractivity contribution in [1.29, 1.82) is 0 Å². The number of hydrogen-bond acceptors (Lipinski definition) is 7. The first-order chi connectivity index (χ1) is 16.4. The van der Waals surface area contributed by atoms with E-state index in [0.29, 0.717) is 22.6 Å². The van der Waals surface area contributed by atoms with E-state index in [-0.39, 0.29) is 17.5 Å². The van der Waals surface area contributed by atoms with Gasteiger partial charge >= 0.3 is 6.61 Å². The van der Waals surface area contributed by atoms with Crippen LogP contribution in [0.5, 0.6) is 5.88 Å². The number of anilines is 3. The maximum absolute atomic E-state index is 12.9. The van der Waals surface area contributed by atoms with Crippen molar-refractivity contribution in [3.63, 3.8) is 0 Å². The molecule has 1 aromatic carbocycles. The largest absolute Gasteiger partial charge is 0.417 e. The summed E-state index contributed by atoms with van der Waals surface area (Å²) < 4.78 is 29.5. The number of alkyl halides is 2. The van der Waals surface area contributed by atoms with Crippen LogP contribution in [0.1, 0.15) is 21.7 Å². The predicted octanol–water partition coefficient (Wildman–Crippen LogP) is 5.15. The second-order valence-corrected chi connectivity index (χ2v) is 7.25. The quantitative estimate of drug-likeness (QED) is 0.392. The summed E-state index contributed by atoms with van der Waals surface area (Å²) in [6, 6.07) is 14.5. The molecule has 0 fully saturated rings. The molecular formula is C24H20F2N6O2. The van der Waals surface area contributed by atoms with Gasteiger partial charge in [-0.1, -0.05) is 30.3 Å². The Morgan fingerprint density at radius 2 is 1.79 bits per heavy atom. The number of rotatable bonds is 7. The Morgan fingerprint density at radius 1 is 1.00 bits per heavy atom. The number of carbonyl (C=O) groups is 1. The van der Waals surface area contributed by atoms with Crippen LogP contribution >= 0.6 is 0 Å². The molecule has 0 aliphatic rings. The highest BCUT2D eigenvalue weighted by molar-refractivity contribution is 6.05. The number of carbonyl (C=O) groups excluding carboxylic acids is 1. The van der Waals surface area contributed by atoms with Crippen LogP contribution in [0.15, 0.2) is 67.1 Å². The Hall–Kier alpha value is -4.47. The minimum Gasteiger partial charge on any atom is -0.417 e. The van der Waals surface area contributed by atoms with Gasteiger partial charge in [-0.3, -0.25) is 9.78 Å². The average Bonchev–Trinajstić information content (AvgIpc) is 2.83. The Morgan fingerprint density at radius 3 is 2.56 bits per heavy atom. The molecule has 4 rings (SSSR count). The van der Waals surface area contributed by atoms with E-state index in [2.05, 4.69) is 35.3 Å². The molecule has 0 aliphatic carbocycles. The van der Waals surface area contributed by atoms with Crippen LogP contribution in [0.3, 0.4) is 0 Å². The molecule has 3 heterocycles. The molecule has 0 spiro atoms. The number of amides is 1.